The van der Waals surface area contributed by atoms with Crippen LogP contribution in [-0.4, -0.2) is 65.6 Å². The van der Waals surface area contributed by atoms with Crippen LogP contribution in [-0.2, 0) is 11.0 Å². The van der Waals surface area contributed by atoms with Crippen LogP contribution in [0, 0.1) is 0 Å². The van der Waals surface area contributed by atoms with E-state index in [9.17, 15) is 22.8 Å². The first kappa shape index (κ1) is 20.7. The van der Waals surface area contributed by atoms with E-state index in [0.29, 0.717) is 29.8 Å². The van der Waals surface area contributed by atoms with Crippen molar-refractivity contribution >= 4 is 22.7 Å². The summed E-state index contributed by atoms with van der Waals surface area (Å²) in [6.07, 6.45) is -3.13. The summed E-state index contributed by atoms with van der Waals surface area (Å²) in [7, 11) is 3.07. The van der Waals surface area contributed by atoms with Gasteiger partial charge in [-0.3, -0.25) is 14.7 Å². The average Bonchev–Trinajstić information content (AvgIpc) is 3.22. The van der Waals surface area contributed by atoms with Crippen molar-refractivity contribution in [2.45, 2.75) is 6.18 Å². The predicted molar refractivity (Wildman–Crippen MR) is 107 cm³/mol. The first-order chi connectivity index (χ1) is 14.7. The molecule has 3 aromatic rings. The fraction of sp³-hybridized carbons (Fsp3) is 0.286. The second-order valence-electron chi connectivity index (χ2n) is 7.31. The number of methoxy groups -OCH3 is 1. The number of likely N-dealkylation sites (N-methyl/N-ethyl adjacent to an activating group) is 1. The third-order valence-corrected chi connectivity index (χ3v) is 5.37. The van der Waals surface area contributed by atoms with Crippen molar-refractivity contribution in [1.82, 2.24) is 20.0 Å². The van der Waals surface area contributed by atoms with Gasteiger partial charge in [-0.05, 0) is 35.9 Å². The van der Waals surface area contributed by atoms with Crippen LogP contribution >= 0.6 is 0 Å². The average molecular weight is 432 g/mol. The van der Waals surface area contributed by atoms with Crippen molar-refractivity contribution in [3.8, 4) is 16.9 Å². The highest BCUT2D eigenvalue weighted by Crippen LogP contribution is 2.40. The van der Waals surface area contributed by atoms with Crippen molar-refractivity contribution in [2.24, 2.45) is 0 Å². The van der Waals surface area contributed by atoms with Crippen LogP contribution in [0.25, 0.3) is 22.0 Å². The van der Waals surface area contributed by atoms with Crippen LogP contribution < -0.4 is 4.74 Å². The third-order valence-electron chi connectivity index (χ3n) is 5.37. The Balaban J connectivity index is 1.82. The normalized spacial score (nSPS) is 14.9. The maximum absolute atomic E-state index is 13.5. The lowest BCUT2D eigenvalue weighted by Crippen LogP contribution is -2.50. The van der Waals surface area contributed by atoms with Crippen LogP contribution in [0.5, 0.6) is 5.75 Å². The topological polar surface area (TPSA) is 78.5 Å². The number of rotatable bonds is 3. The number of H-pyrrole nitrogens is 1. The van der Waals surface area contributed by atoms with Gasteiger partial charge in [0, 0.05) is 36.7 Å². The zero-order chi connectivity index (χ0) is 22.3. The van der Waals surface area contributed by atoms with Crippen LogP contribution in [0.1, 0.15) is 15.9 Å². The molecule has 0 unspecified atom stereocenters. The van der Waals surface area contributed by atoms with Gasteiger partial charge in [0.2, 0.25) is 5.91 Å². The van der Waals surface area contributed by atoms with E-state index in [4.69, 9.17) is 4.74 Å². The Labute approximate surface area is 175 Å². The fourth-order valence-corrected chi connectivity index (χ4v) is 3.60. The molecule has 1 aliphatic rings. The number of carbonyl (C=O) groups is 2. The maximum atomic E-state index is 13.5. The van der Waals surface area contributed by atoms with Gasteiger partial charge in [0.15, 0.2) is 0 Å². The molecule has 0 atom stereocenters. The summed E-state index contributed by atoms with van der Waals surface area (Å²) in [6.45, 7) is 0.737. The molecule has 1 aromatic heterocycles. The summed E-state index contributed by atoms with van der Waals surface area (Å²) < 4.78 is 45.7. The number of halogens is 3. The zero-order valence-corrected chi connectivity index (χ0v) is 16.8. The molecule has 0 saturated carbocycles. The van der Waals surface area contributed by atoms with E-state index in [2.05, 4.69) is 10.2 Å². The molecule has 7 nitrogen and oxygen atoms in total. The fourth-order valence-electron chi connectivity index (χ4n) is 3.60. The van der Waals surface area contributed by atoms with Gasteiger partial charge in [-0.2, -0.15) is 18.3 Å². The van der Waals surface area contributed by atoms with Gasteiger partial charge in [0.1, 0.15) is 12.3 Å². The minimum Gasteiger partial charge on any atom is -0.496 e. The van der Waals surface area contributed by atoms with Crippen molar-refractivity contribution in [3.63, 3.8) is 0 Å². The number of fused-ring (bicyclic) bond motifs is 1. The number of hydrogen-bond donors (Lipinski definition) is 1. The number of benzene rings is 2. The second kappa shape index (κ2) is 7.60. The highest BCUT2D eigenvalue weighted by Gasteiger charge is 2.32. The lowest BCUT2D eigenvalue weighted by molar-refractivity contribution is -0.137. The molecule has 1 saturated heterocycles. The molecule has 10 heteroatoms. The van der Waals surface area contributed by atoms with E-state index in [0.717, 1.165) is 12.1 Å². The summed E-state index contributed by atoms with van der Waals surface area (Å²) in [5.74, 6) is -0.236. The monoisotopic (exact) mass is 432 g/mol. The minimum absolute atomic E-state index is 0.0494. The summed E-state index contributed by atoms with van der Waals surface area (Å²) in [5, 5.41) is 6.90. The zero-order valence-electron chi connectivity index (χ0n) is 16.8. The molecule has 0 spiro atoms. The Bertz CT molecular complexity index is 1170. The lowest BCUT2D eigenvalue weighted by Gasteiger charge is -2.32. The summed E-state index contributed by atoms with van der Waals surface area (Å²) in [4.78, 5) is 27.9. The van der Waals surface area contributed by atoms with E-state index in [1.165, 1.54) is 36.4 Å². The molecule has 31 heavy (non-hydrogen) atoms. The van der Waals surface area contributed by atoms with Gasteiger partial charge in [-0.1, -0.05) is 0 Å². The molecule has 2 heterocycles. The molecule has 0 radical (unpaired) electrons. The third kappa shape index (κ3) is 3.80. The quantitative estimate of drug-likeness (QED) is 0.690. The molecule has 1 fully saturated rings. The lowest BCUT2D eigenvalue weighted by atomic mass is 9.96. The van der Waals surface area contributed by atoms with Crippen molar-refractivity contribution in [3.05, 3.63) is 47.7 Å². The first-order valence-electron chi connectivity index (χ1n) is 9.45. The number of nitrogens with zero attached hydrogens (tertiary/aromatic N) is 3. The molecule has 4 rings (SSSR count). The SMILES string of the molecule is COc1ccc(C(=O)N2CCN(C)C(=O)C2)cc1-c1cc(C(F)(F)F)cc2[nH]ncc12. The van der Waals surface area contributed by atoms with Crippen LogP contribution in [0.15, 0.2) is 36.5 Å². The van der Waals surface area contributed by atoms with E-state index >= 15 is 0 Å². The number of carbonyl (C=O) groups excluding carboxylic acids is 2. The van der Waals surface area contributed by atoms with Gasteiger partial charge >= 0.3 is 6.18 Å². The molecule has 1 aliphatic heterocycles. The van der Waals surface area contributed by atoms with Crippen LogP contribution in [0.3, 0.4) is 0 Å². The molecule has 1 N–H and O–H groups in total. The van der Waals surface area contributed by atoms with E-state index in [-0.39, 0.29) is 35.0 Å². The number of nitrogens with one attached hydrogen (secondary N) is 1. The Kier molecular flexibility index (Phi) is 5.08. The van der Waals surface area contributed by atoms with E-state index < -0.39 is 11.7 Å². The highest BCUT2D eigenvalue weighted by molar-refractivity contribution is 6.01. The Morgan fingerprint density at radius 1 is 1.16 bits per heavy atom. The second-order valence-corrected chi connectivity index (χ2v) is 7.31. The Morgan fingerprint density at radius 3 is 2.61 bits per heavy atom. The van der Waals surface area contributed by atoms with Gasteiger partial charge in [-0.25, -0.2) is 0 Å². The number of piperazine rings is 1. The molecule has 162 valence electrons. The molecule has 0 bridgehead atoms. The van der Waals surface area contributed by atoms with Crippen LogP contribution in [0.4, 0.5) is 13.2 Å². The number of aromatic amines is 1. The molecule has 2 amide bonds. The minimum atomic E-state index is -4.56. The van der Waals surface area contributed by atoms with Gasteiger partial charge in [-0.15, -0.1) is 0 Å². The van der Waals surface area contributed by atoms with Crippen molar-refractivity contribution in [1.29, 1.82) is 0 Å². The predicted octanol–water partition coefficient (Wildman–Crippen LogP) is 3.17. The Morgan fingerprint density at radius 2 is 1.94 bits per heavy atom. The molecular formula is C21H19F3N4O3. The van der Waals surface area contributed by atoms with Gasteiger partial charge < -0.3 is 14.5 Å². The number of alkyl halides is 3. The largest absolute Gasteiger partial charge is 0.496 e. The van der Waals surface area contributed by atoms with Gasteiger partial charge in [0.05, 0.1) is 24.4 Å². The smallest absolute Gasteiger partial charge is 0.416 e. The number of hydrogen-bond acceptors (Lipinski definition) is 4. The number of aromatic nitrogens is 2. The maximum Gasteiger partial charge on any atom is 0.416 e. The van der Waals surface area contributed by atoms with E-state index in [1.807, 2.05) is 0 Å². The molecular weight excluding hydrogens is 413 g/mol. The van der Waals surface area contributed by atoms with Gasteiger partial charge in [0.25, 0.3) is 5.91 Å². The highest BCUT2D eigenvalue weighted by atomic mass is 19.4. The number of amides is 2. The van der Waals surface area contributed by atoms with Crippen LogP contribution in [0.2, 0.25) is 0 Å². The molecule has 0 aliphatic carbocycles. The molecule has 2 aromatic carbocycles. The van der Waals surface area contributed by atoms with Crippen molar-refractivity contribution in [2.75, 3.05) is 33.8 Å². The summed E-state index contributed by atoms with van der Waals surface area (Å²) in [5.41, 5.74) is 0.184. The first-order valence-corrected chi connectivity index (χ1v) is 9.45. The van der Waals surface area contributed by atoms with Crippen molar-refractivity contribution < 1.29 is 27.5 Å². The van der Waals surface area contributed by atoms with E-state index in [1.54, 1.807) is 11.9 Å². The summed E-state index contributed by atoms with van der Waals surface area (Å²) >= 11 is 0. The Hall–Kier alpha value is -3.56. The standard InChI is InChI=1S/C21H19F3N4O3/c1-27-5-6-28(11-19(27)29)20(30)12-3-4-18(31-2)15(7-12)14-8-13(21(22,23)24)9-17-16(14)10-25-26-17/h3-4,7-10H,5-6,11H2,1-2H3,(H,25,26). The number of ether oxygens (including phenoxy) is 1. The summed E-state index contributed by atoms with van der Waals surface area (Å²) in [6, 6.07) is 6.57.